The molecule has 1 unspecified atom stereocenters. The van der Waals surface area contributed by atoms with Crippen LogP contribution in [0, 0.1) is 0 Å². The molecule has 1 N–H and O–H groups in total. The second-order valence-electron chi connectivity index (χ2n) is 4.06. The van der Waals surface area contributed by atoms with Crippen molar-refractivity contribution in [3.05, 3.63) is 28.2 Å². The van der Waals surface area contributed by atoms with Crippen LogP contribution >= 0.6 is 23.2 Å². The highest BCUT2D eigenvalue weighted by molar-refractivity contribution is 6.42. The number of hydrogen-bond donors (Lipinski definition) is 1. The van der Waals surface area contributed by atoms with Gasteiger partial charge < -0.3 is 10.2 Å². The van der Waals surface area contributed by atoms with Gasteiger partial charge in [-0.3, -0.25) is 0 Å². The summed E-state index contributed by atoms with van der Waals surface area (Å²) in [6.45, 7) is 5.30. The maximum absolute atomic E-state index is 6.05. The van der Waals surface area contributed by atoms with Crippen molar-refractivity contribution < 1.29 is 0 Å². The van der Waals surface area contributed by atoms with Crippen LogP contribution < -0.4 is 10.2 Å². The molecule has 88 valence electrons. The molecule has 0 saturated carbocycles. The maximum atomic E-state index is 6.05. The van der Waals surface area contributed by atoms with E-state index in [0.29, 0.717) is 16.1 Å². The van der Waals surface area contributed by atoms with Gasteiger partial charge in [0.15, 0.2) is 0 Å². The molecule has 1 fully saturated rings. The van der Waals surface area contributed by atoms with E-state index < -0.39 is 0 Å². The summed E-state index contributed by atoms with van der Waals surface area (Å²) in [6.07, 6.45) is 1.13. The first-order valence-electron chi connectivity index (χ1n) is 5.64. The van der Waals surface area contributed by atoms with Gasteiger partial charge in [-0.05, 0) is 24.6 Å². The van der Waals surface area contributed by atoms with E-state index in [1.807, 2.05) is 18.2 Å². The predicted octanol–water partition coefficient (Wildman–Crippen LogP) is 3.18. The van der Waals surface area contributed by atoms with E-state index in [2.05, 4.69) is 17.1 Å². The Morgan fingerprint density at radius 1 is 1.38 bits per heavy atom. The van der Waals surface area contributed by atoms with E-state index in [1.165, 1.54) is 5.69 Å². The number of rotatable bonds is 2. The van der Waals surface area contributed by atoms with Crippen LogP contribution in [0.4, 0.5) is 5.69 Å². The number of nitrogens with zero attached hydrogens (tertiary/aromatic N) is 1. The van der Waals surface area contributed by atoms with Crippen LogP contribution in [0.2, 0.25) is 10.0 Å². The van der Waals surface area contributed by atoms with E-state index in [9.17, 15) is 0 Å². The largest absolute Gasteiger partial charge is 0.366 e. The second kappa shape index (κ2) is 5.26. The molecule has 0 amide bonds. The lowest BCUT2D eigenvalue weighted by Crippen LogP contribution is -2.51. The van der Waals surface area contributed by atoms with Crippen LogP contribution in [0.15, 0.2) is 18.2 Å². The van der Waals surface area contributed by atoms with Crippen LogP contribution in [0.5, 0.6) is 0 Å². The first-order chi connectivity index (χ1) is 7.72. The highest BCUT2D eigenvalue weighted by atomic mass is 35.5. The Hall–Kier alpha value is -0.440. The standard InChI is InChI=1S/C12H16Cl2N2/c1-2-9-8-15-5-6-16(9)10-3-4-11(13)12(14)7-10/h3-4,7,9,15H,2,5-6,8H2,1H3. The maximum Gasteiger partial charge on any atom is 0.0612 e. The molecule has 1 heterocycles. The van der Waals surface area contributed by atoms with Crippen molar-refractivity contribution in [3.8, 4) is 0 Å². The lowest BCUT2D eigenvalue weighted by molar-refractivity contribution is 0.466. The molecule has 0 spiro atoms. The van der Waals surface area contributed by atoms with Crippen molar-refractivity contribution in [2.45, 2.75) is 19.4 Å². The molecule has 0 aromatic heterocycles. The van der Waals surface area contributed by atoms with Crippen molar-refractivity contribution in [1.29, 1.82) is 0 Å². The van der Waals surface area contributed by atoms with Crippen LogP contribution in [0.3, 0.4) is 0 Å². The first kappa shape index (κ1) is 12.0. The molecular weight excluding hydrogens is 243 g/mol. The number of benzene rings is 1. The molecule has 2 rings (SSSR count). The van der Waals surface area contributed by atoms with Gasteiger partial charge in [0.05, 0.1) is 10.0 Å². The fourth-order valence-electron chi connectivity index (χ4n) is 2.13. The topological polar surface area (TPSA) is 15.3 Å². The zero-order valence-electron chi connectivity index (χ0n) is 9.34. The molecule has 0 bridgehead atoms. The van der Waals surface area contributed by atoms with Gasteiger partial charge in [-0.1, -0.05) is 30.1 Å². The van der Waals surface area contributed by atoms with Gasteiger partial charge in [0.2, 0.25) is 0 Å². The van der Waals surface area contributed by atoms with Gasteiger partial charge in [0.1, 0.15) is 0 Å². The quantitative estimate of drug-likeness (QED) is 0.877. The van der Waals surface area contributed by atoms with Gasteiger partial charge in [-0.15, -0.1) is 0 Å². The Kier molecular flexibility index (Phi) is 3.95. The Morgan fingerprint density at radius 3 is 2.88 bits per heavy atom. The van der Waals surface area contributed by atoms with Gasteiger partial charge >= 0.3 is 0 Å². The fourth-order valence-corrected chi connectivity index (χ4v) is 2.42. The zero-order chi connectivity index (χ0) is 11.5. The summed E-state index contributed by atoms with van der Waals surface area (Å²) in [5.74, 6) is 0. The molecule has 16 heavy (non-hydrogen) atoms. The van der Waals surface area contributed by atoms with Gasteiger partial charge in [0, 0.05) is 31.4 Å². The van der Waals surface area contributed by atoms with Crippen LogP contribution in [0.25, 0.3) is 0 Å². The minimum atomic E-state index is 0.547. The van der Waals surface area contributed by atoms with Crippen LogP contribution in [-0.4, -0.2) is 25.7 Å². The van der Waals surface area contributed by atoms with Crippen LogP contribution in [0.1, 0.15) is 13.3 Å². The number of nitrogens with one attached hydrogen (secondary N) is 1. The minimum absolute atomic E-state index is 0.547. The number of hydrogen-bond acceptors (Lipinski definition) is 2. The minimum Gasteiger partial charge on any atom is -0.366 e. The molecule has 1 aliphatic rings. The normalized spacial score (nSPS) is 21.2. The zero-order valence-corrected chi connectivity index (χ0v) is 10.9. The first-order valence-corrected chi connectivity index (χ1v) is 6.40. The number of halogens is 2. The van der Waals surface area contributed by atoms with Gasteiger partial charge in [-0.2, -0.15) is 0 Å². The summed E-state index contributed by atoms with van der Waals surface area (Å²) in [7, 11) is 0. The van der Waals surface area contributed by atoms with E-state index in [1.54, 1.807) is 0 Å². The summed E-state index contributed by atoms with van der Waals surface area (Å²) in [4.78, 5) is 2.40. The molecule has 2 nitrogen and oxygen atoms in total. The van der Waals surface area contributed by atoms with Crippen molar-refractivity contribution >= 4 is 28.9 Å². The summed E-state index contributed by atoms with van der Waals surface area (Å²) in [6, 6.07) is 6.42. The smallest absolute Gasteiger partial charge is 0.0612 e. The average Bonchev–Trinajstić information content (AvgIpc) is 2.32. The molecule has 1 aliphatic heterocycles. The molecule has 1 aromatic rings. The van der Waals surface area contributed by atoms with E-state index in [0.717, 1.165) is 26.1 Å². The molecule has 1 atom stereocenters. The van der Waals surface area contributed by atoms with Crippen molar-refractivity contribution in [2.24, 2.45) is 0 Å². The highest BCUT2D eigenvalue weighted by Crippen LogP contribution is 2.28. The fraction of sp³-hybridized carbons (Fsp3) is 0.500. The summed E-state index contributed by atoms with van der Waals surface area (Å²) in [5.41, 5.74) is 1.17. The number of piperazine rings is 1. The van der Waals surface area contributed by atoms with E-state index in [-0.39, 0.29) is 0 Å². The molecule has 0 aliphatic carbocycles. The third-order valence-electron chi connectivity index (χ3n) is 3.06. The van der Waals surface area contributed by atoms with Gasteiger partial charge in [-0.25, -0.2) is 0 Å². The monoisotopic (exact) mass is 258 g/mol. The lowest BCUT2D eigenvalue weighted by Gasteiger charge is -2.37. The third-order valence-corrected chi connectivity index (χ3v) is 3.80. The van der Waals surface area contributed by atoms with Crippen LogP contribution in [-0.2, 0) is 0 Å². The molecule has 1 saturated heterocycles. The van der Waals surface area contributed by atoms with Gasteiger partial charge in [0.25, 0.3) is 0 Å². The summed E-state index contributed by atoms with van der Waals surface area (Å²) in [5, 5.41) is 4.66. The molecule has 4 heteroatoms. The van der Waals surface area contributed by atoms with Crippen molar-refractivity contribution in [1.82, 2.24) is 5.32 Å². The number of anilines is 1. The predicted molar refractivity (Wildman–Crippen MR) is 70.8 cm³/mol. The summed E-state index contributed by atoms with van der Waals surface area (Å²) < 4.78 is 0. The van der Waals surface area contributed by atoms with E-state index >= 15 is 0 Å². The Balaban J connectivity index is 2.23. The second-order valence-corrected chi connectivity index (χ2v) is 4.87. The molecule has 1 aromatic carbocycles. The third kappa shape index (κ3) is 2.45. The SMILES string of the molecule is CCC1CNCCN1c1ccc(Cl)c(Cl)c1. The Labute approximate surface area is 107 Å². The van der Waals surface area contributed by atoms with Crippen molar-refractivity contribution in [3.63, 3.8) is 0 Å². The Bertz CT molecular complexity index is 368. The lowest BCUT2D eigenvalue weighted by atomic mass is 10.1. The average molecular weight is 259 g/mol. The van der Waals surface area contributed by atoms with E-state index in [4.69, 9.17) is 23.2 Å². The summed E-state index contributed by atoms with van der Waals surface area (Å²) >= 11 is 12.0. The molecule has 0 radical (unpaired) electrons. The van der Waals surface area contributed by atoms with Crippen molar-refractivity contribution in [2.75, 3.05) is 24.5 Å². The molecular formula is C12H16Cl2N2. The Morgan fingerprint density at radius 2 is 2.19 bits per heavy atom. The highest BCUT2D eigenvalue weighted by Gasteiger charge is 2.20.